The number of carbonyl (C=O) groups excluding carboxylic acids is 1. The molecule has 1 amide bonds. The van der Waals surface area contributed by atoms with Gasteiger partial charge >= 0.3 is 0 Å². The largest absolute Gasteiger partial charge is 0.311 e. The molecule has 1 heterocycles. The van der Waals surface area contributed by atoms with Crippen molar-refractivity contribution in [2.75, 3.05) is 11.9 Å². The minimum atomic E-state index is -0.0608. The SMILES string of the molecule is CN1C(=O)/C=C\N=Cc2ccccc21. The number of likely N-dealkylation sites (N-methyl/N-ethyl adjacent to an activating group) is 1. The molecule has 0 spiro atoms. The quantitative estimate of drug-likeness (QED) is 0.605. The topological polar surface area (TPSA) is 32.7 Å². The number of benzene rings is 1. The van der Waals surface area contributed by atoms with Gasteiger partial charge in [0.25, 0.3) is 5.91 Å². The fourth-order valence-corrected chi connectivity index (χ4v) is 1.36. The van der Waals surface area contributed by atoms with Crippen LogP contribution in [0.4, 0.5) is 5.69 Å². The van der Waals surface area contributed by atoms with Crippen molar-refractivity contribution in [2.24, 2.45) is 4.99 Å². The first-order valence-electron chi connectivity index (χ1n) is 4.35. The van der Waals surface area contributed by atoms with E-state index >= 15 is 0 Å². The predicted molar refractivity (Wildman–Crippen MR) is 56.6 cm³/mol. The second kappa shape index (κ2) is 3.46. The molecule has 0 N–H and O–H groups in total. The molecule has 1 aliphatic rings. The summed E-state index contributed by atoms with van der Waals surface area (Å²) in [7, 11) is 1.75. The highest BCUT2D eigenvalue weighted by molar-refractivity contribution is 6.05. The van der Waals surface area contributed by atoms with Crippen molar-refractivity contribution in [1.29, 1.82) is 0 Å². The van der Waals surface area contributed by atoms with E-state index in [-0.39, 0.29) is 5.91 Å². The van der Waals surface area contributed by atoms with Crippen LogP contribution in [-0.2, 0) is 4.79 Å². The van der Waals surface area contributed by atoms with Crippen LogP contribution in [0.5, 0.6) is 0 Å². The fraction of sp³-hybridized carbons (Fsp3) is 0.0909. The number of fused-ring (bicyclic) bond motifs is 1. The number of hydrogen-bond donors (Lipinski definition) is 0. The Kier molecular flexibility index (Phi) is 2.14. The molecule has 1 aromatic rings. The number of nitrogens with zero attached hydrogens (tertiary/aromatic N) is 2. The van der Waals surface area contributed by atoms with Gasteiger partial charge in [-0.25, -0.2) is 0 Å². The highest BCUT2D eigenvalue weighted by Crippen LogP contribution is 2.18. The van der Waals surface area contributed by atoms with Gasteiger partial charge in [0.15, 0.2) is 0 Å². The summed E-state index contributed by atoms with van der Waals surface area (Å²) in [6.45, 7) is 0. The third-order valence-electron chi connectivity index (χ3n) is 2.15. The third kappa shape index (κ3) is 1.44. The van der Waals surface area contributed by atoms with E-state index < -0.39 is 0 Å². The molecule has 1 aliphatic heterocycles. The molecule has 14 heavy (non-hydrogen) atoms. The molecule has 0 aliphatic carbocycles. The summed E-state index contributed by atoms with van der Waals surface area (Å²) in [5.41, 5.74) is 1.83. The van der Waals surface area contributed by atoms with Crippen molar-refractivity contribution < 1.29 is 4.79 Å². The molecule has 0 fully saturated rings. The fourth-order valence-electron chi connectivity index (χ4n) is 1.36. The van der Waals surface area contributed by atoms with E-state index in [2.05, 4.69) is 4.99 Å². The maximum absolute atomic E-state index is 11.5. The maximum atomic E-state index is 11.5. The summed E-state index contributed by atoms with van der Waals surface area (Å²) >= 11 is 0. The van der Waals surface area contributed by atoms with Crippen molar-refractivity contribution in [2.45, 2.75) is 0 Å². The summed E-state index contributed by atoms with van der Waals surface area (Å²) in [5, 5.41) is 0. The van der Waals surface area contributed by atoms with Gasteiger partial charge in [-0.1, -0.05) is 18.2 Å². The lowest BCUT2D eigenvalue weighted by Gasteiger charge is -2.18. The standard InChI is InChI=1S/C11H10N2O/c1-13-10-5-3-2-4-9(10)8-12-7-6-11(13)14/h2-8H,1H3/b7-6-,12-8?. The maximum Gasteiger partial charge on any atom is 0.252 e. The van der Waals surface area contributed by atoms with Crippen LogP contribution in [0.15, 0.2) is 41.5 Å². The third-order valence-corrected chi connectivity index (χ3v) is 2.15. The molecule has 0 bridgehead atoms. The van der Waals surface area contributed by atoms with Crippen molar-refractivity contribution in [3.63, 3.8) is 0 Å². The molecular formula is C11H10N2O. The van der Waals surface area contributed by atoms with E-state index in [0.717, 1.165) is 11.3 Å². The number of hydrogen-bond acceptors (Lipinski definition) is 2. The Hall–Kier alpha value is -1.90. The lowest BCUT2D eigenvalue weighted by atomic mass is 10.1. The number of para-hydroxylation sites is 1. The summed E-state index contributed by atoms with van der Waals surface area (Å²) in [5.74, 6) is -0.0608. The van der Waals surface area contributed by atoms with Gasteiger partial charge in [0.1, 0.15) is 0 Å². The minimum Gasteiger partial charge on any atom is -0.311 e. The second-order valence-electron chi connectivity index (χ2n) is 3.05. The Morgan fingerprint density at radius 3 is 2.93 bits per heavy atom. The molecule has 0 saturated heterocycles. The molecule has 0 unspecified atom stereocenters. The highest BCUT2D eigenvalue weighted by atomic mass is 16.2. The summed E-state index contributed by atoms with van der Waals surface area (Å²) in [4.78, 5) is 17.1. The van der Waals surface area contributed by atoms with E-state index in [1.807, 2.05) is 24.3 Å². The minimum absolute atomic E-state index is 0.0608. The Bertz CT molecular complexity index is 421. The monoisotopic (exact) mass is 186 g/mol. The van der Waals surface area contributed by atoms with E-state index in [0.29, 0.717) is 0 Å². The molecule has 1 aromatic carbocycles. The van der Waals surface area contributed by atoms with E-state index in [9.17, 15) is 4.79 Å². The number of carbonyl (C=O) groups is 1. The molecule has 0 radical (unpaired) electrons. The Balaban J connectivity index is 2.57. The molecule has 3 nitrogen and oxygen atoms in total. The van der Waals surface area contributed by atoms with Crippen LogP contribution in [-0.4, -0.2) is 19.2 Å². The zero-order valence-electron chi connectivity index (χ0n) is 7.84. The van der Waals surface area contributed by atoms with Gasteiger partial charge in [0.2, 0.25) is 0 Å². The van der Waals surface area contributed by atoms with E-state index in [4.69, 9.17) is 0 Å². The zero-order chi connectivity index (χ0) is 9.97. The lowest BCUT2D eigenvalue weighted by molar-refractivity contribution is -0.113. The normalized spacial score (nSPS) is 17.2. The second-order valence-corrected chi connectivity index (χ2v) is 3.05. The average Bonchev–Trinajstić information content (AvgIpc) is 2.22. The molecule has 0 atom stereocenters. The summed E-state index contributed by atoms with van der Waals surface area (Å²) in [6.07, 6.45) is 4.70. The number of amides is 1. The van der Waals surface area contributed by atoms with Crippen LogP contribution in [0, 0.1) is 0 Å². The predicted octanol–water partition coefficient (Wildman–Crippen LogP) is 1.60. The van der Waals surface area contributed by atoms with Gasteiger partial charge in [-0.15, -0.1) is 0 Å². The molecule has 70 valence electrons. The van der Waals surface area contributed by atoms with E-state index in [1.165, 1.54) is 12.3 Å². The van der Waals surface area contributed by atoms with Crippen LogP contribution in [0.3, 0.4) is 0 Å². The van der Waals surface area contributed by atoms with Crippen LogP contribution in [0.25, 0.3) is 0 Å². The average molecular weight is 186 g/mol. The van der Waals surface area contributed by atoms with Crippen LogP contribution >= 0.6 is 0 Å². The van der Waals surface area contributed by atoms with Gasteiger partial charge in [-0.05, 0) is 6.07 Å². The number of anilines is 1. The molecule has 3 heteroatoms. The van der Waals surface area contributed by atoms with Crippen molar-refractivity contribution in [3.8, 4) is 0 Å². The molecule has 2 rings (SSSR count). The molecule has 0 saturated carbocycles. The molecule has 0 aromatic heterocycles. The van der Waals surface area contributed by atoms with Gasteiger partial charge in [-0.3, -0.25) is 9.79 Å². The van der Waals surface area contributed by atoms with Crippen molar-refractivity contribution in [3.05, 3.63) is 42.1 Å². The molecular weight excluding hydrogens is 176 g/mol. The van der Waals surface area contributed by atoms with Crippen molar-refractivity contribution >= 4 is 17.8 Å². The first-order chi connectivity index (χ1) is 6.79. The number of rotatable bonds is 0. The van der Waals surface area contributed by atoms with E-state index in [1.54, 1.807) is 18.2 Å². The van der Waals surface area contributed by atoms with Crippen LogP contribution in [0.1, 0.15) is 5.56 Å². The lowest BCUT2D eigenvalue weighted by Crippen LogP contribution is -2.25. The smallest absolute Gasteiger partial charge is 0.252 e. The van der Waals surface area contributed by atoms with Crippen LogP contribution in [0.2, 0.25) is 0 Å². The Morgan fingerprint density at radius 2 is 2.07 bits per heavy atom. The van der Waals surface area contributed by atoms with Crippen LogP contribution < -0.4 is 4.90 Å². The van der Waals surface area contributed by atoms with Crippen molar-refractivity contribution in [1.82, 2.24) is 0 Å². The van der Waals surface area contributed by atoms with Gasteiger partial charge < -0.3 is 4.90 Å². The Morgan fingerprint density at radius 1 is 1.29 bits per heavy atom. The zero-order valence-corrected chi connectivity index (χ0v) is 7.84. The first kappa shape index (κ1) is 8.69. The van der Waals surface area contributed by atoms with Gasteiger partial charge in [0, 0.05) is 31.1 Å². The highest BCUT2D eigenvalue weighted by Gasteiger charge is 2.11. The Labute approximate surface area is 82.4 Å². The van der Waals surface area contributed by atoms with Gasteiger partial charge in [0.05, 0.1) is 5.69 Å². The first-order valence-corrected chi connectivity index (χ1v) is 4.35. The summed E-state index contributed by atoms with van der Waals surface area (Å²) in [6, 6.07) is 7.66. The summed E-state index contributed by atoms with van der Waals surface area (Å²) < 4.78 is 0. The number of aliphatic imine (C=N–C) groups is 1. The van der Waals surface area contributed by atoms with Gasteiger partial charge in [-0.2, -0.15) is 0 Å².